The molecule has 2 aromatic carbocycles. The Morgan fingerprint density at radius 2 is 1.81 bits per heavy atom. The van der Waals surface area contributed by atoms with Crippen LogP contribution in [0.25, 0.3) is 0 Å². The van der Waals surface area contributed by atoms with Gasteiger partial charge in [-0.05, 0) is 50.1 Å². The fourth-order valence-corrected chi connectivity index (χ4v) is 2.65. The van der Waals surface area contributed by atoms with Crippen LogP contribution in [0.3, 0.4) is 0 Å². The largest absolute Gasteiger partial charge is 0.341 e. The minimum Gasteiger partial charge on any atom is -0.341 e. The number of hydrogen-bond donors (Lipinski definition) is 1. The van der Waals surface area contributed by atoms with Crippen LogP contribution in [0, 0.1) is 6.92 Å². The monoisotopic (exact) mass is 282 g/mol. The number of para-hydroxylation sites is 1. The van der Waals surface area contributed by atoms with Crippen LogP contribution in [0.5, 0.6) is 0 Å². The van der Waals surface area contributed by atoms with Gasteiger partial charge in [0.05, 0.1) is 0 Å². The van der Waals surface area contributed by atoms with E-state index < -0.39 is 0 Å². The first-order chi connectivity index (χ1) is 10.3. The van der Waals surface area contributed by atoms with E-state index in [2.05, 4.69) is 67.3 Å². The van der Waals surface area contributed by atoms with Gasteiger partial charge in [-0.25, -0.2) is 0 Å². The molecule has 0 radical (unpaired) electrons. The number of nitrogens with zero attached hydrogens (tertiary/aromatic N) is 1. The summed E-state index contributed by atoms with van der Waals surface area (Å²) >= 11 is 0. The third-order valence-corrected chi connectivity index (χ3v) is 3.74. The predicted octanol–water partition coefficient (Wildman–Crippen LogP) is 4.43. The van der Waals surface area contributed by atoms with E-state index in [4.69, 9.17) is 5.73 Å². The Morgan fingerprint density at radius 3 is 2.48 bits per heavy atom. The molecule has 2 nitrogen and oxygen atoms in total. The van der Waals surface area contributed by atoms with Crippen molar-refractivity contribution in [2.75, 3.05) is 18.0 Å². The third kappa shape index (κ3) is 4.08. The Labute approximate surface area is 128 Å². The molecule has 0 saturated carbocycles. The van der Waals surface area contributed by atoms with Crippen LogP contribution in [-0.4, -0.2) is 13.1 Å². The highest BCUT2D eigenvalue weighted by molar-refractivity contribution is 5.67. The molecule has 2 aromatic rings. The lowest BCUT2D eigenvalue weighted by Crippen LogP contribution is -2.20. The summed E-state index contributed by atoms with van der Waals surface area (Å²) < 4.78 is 0. The summed E-state index contributed by atoms with van der Waals surface area (Å²) in [5, 5.41) is 0. The van der Waals surface area contributed by atoms with Gasteiger partial charge in [0.1, 0.15) is 0 Å². The molecule has 0 aliphatic carbocycles. The molecule has 0 aromatic heterocycles. The first kappa shape index (κ1) is 15.6. The van der Waals surface area contributed by atoms with Crippen molar-refractivity contribution in [3.05, 3.63) is 59.7 Å². The topological polar surface area (TPSA) is 29.3 Å². The second-order valence-electron chi connectivity index (χ2n) is 5.51. The minimum atomic E-state index is 0.687. The van der Waals surface area contributed by atoms with Crippen LogP contribution in [0.4, 0.5) is 11.4 Å². The van der Waals surface area contributed by atoms with Crippen LogP contribution < -0.4 is 10.6 Å². The molecular formula is C19H26N2. The number of rotatable bonds is 7. The zero-order valence-electron chi connectivity index (χ0n) is 13.2. The average molecular weight is 282 g/mol. The van der Waals surface area contributed by atoms with E-state index in [9.17, 15) is 0 Å². The summed E-state index contributed by atoms with van der Waals surface area (Å²) in [5.41, 5.74) is 11.0. The van der Waals surface area contributed by atoms with Crippen LogP contribution in [-0.2, 0) is 6.42 Å². The lowest BCUT2D eigenvalue weighted by molar-refractivity contribution is 0.782. The third-order valence-electron chi connectivity index (χ3n) is 3.74. The summed E-state index contributed by atoms with van der Waals surface area (Å²) in [7, 11) is 0. The molecular weight excluding hydrogens is 256 g/mol. The van der Waals surface area contributed by atoms with Crippen molar-refractivity contribution in [1.82, 2.24) is 0 Å². The van der Waals surface area contributed by atoms with Crippen molar-refractivity contribution in [1.29, 1.82) is 0 Å². The SMILES string of the molecule is CCCCN(c1ccccc1)c1ccc(C)cc1CCN. The van der Waals surface area contributed by atoms with E-state index in [0.29, 0.717) is 6.54 Å². The van der Waals surface area contributed by atoms with Crippen molar-refractivity contribution < 1.29 is 0 Å². The van der Waals surface area contributed by atoms with Crippen LogP contribution >= 0.6 is 0 Å². The van der Waals surface area contributed by atoms with E-state index in [-0.39, 0.29) is 0 Å². The smallest absolute Gasteiger partial charge is 0.0443 e. The van der Waals surface area contributed by atoms with Crippen LogP contribution in [0.1, 0.15) is 30.9 Å². The molecule has 0 fully saturated rings. The first-order valence-corrected chi connectivity index (χ1v) is 7.88. The van der Waals surface area contributed by atoms with E-state index in [0.717, 1.165) is 13.0 Å². The van der Waals surface area contributed by atoms with E-state index in [1.165, 1.54) is 35.3 Å². The Balaban J connectivity index is 2.41. The lowest BCUT2D eigenvalue weighted by Gasteiger charge is -2.27. The highest BCUT2D eigenvalue weighted by atomic mass is 15.1. The Morgan fingerprint density at radius 1 is 1.05 bits per heavy atom. The normalized spacial score (nSPS) is 10.6. The maximum Gasteiger partial charge on any atom is 0.0443 e. The van der Waals surface area contributed by atoms with E-state index in [1.807, 2.05) is 0 Å². The zero-order chi connectivity index (χ0) is 15.1. The Bertz CT molecular complexity index is 549. The first-order valence-electron chi connectivity index (χ1n) is 7.88. The van der Waals surface area contributed by atoms with Gasteiger partial charge < -0.3 is 10.6 Å². The second kappa shape index (κ2) is 7.84. The van der Waals surface area contributed by atoms with Gasteiger partial charge in [0, 0.05) is 17.9 Å². The quantitative estimate of drug-likeness (QED) is 0.813. The molecule has 0 amide bonds. The van der Waals surface area contributed by atoms with Gasteiger partial charge in [-0.15, -0.1) is 0 Å². The fraction of sp³-hybridized carbons (Fsp3) is 0.368. The van der Waals surface area contributed by atoms with Crippen molar-refractivity contribution >= 4 is 11.4 Å². The van der Waals surface area contributed by atoms with Gasteiger partial charge in [-0.1, -0.05) is 49.2 Å². The van der Waals surface area contributed by atoms with Gasteiger partial charge >= 0.3 is 0 Å². The molecule has 0 saturated heterocycles. The number of nitrogens with two attached hydrogens (primary N) is 1. The predicted molar refractivity (Wildman–Crippen MR) is 92.3 cm³/mol. The molecule has 0 bridgehead atoms. The number of anilines is 2. The Hall–Kier alpha value is -1.80. The molecule has 21 heavy (non-hydrogen) atoms. The molecule has 112 valence electrons. The molecule has 2 heteroatoms. The fourth-order valence-electron chi connectivity index (χ4n) is 2.65. The number of hydrogen-bond acceptors (Lipinski definition) is 2. The summed E-state index contributed by atoms with van der Waals surface area (Å²) in [6.45, 7) is 6.11. The molecule has 0 aliphatic heterocycles. The highest BCUT2D eigenvalue weighted by Crippen LogP contribution is 2.30. The lowest BCUT2D eigenvalue weighted by atomic mass is 10.0. The second-order valence-corrected chi connectivity index (χ2v) is 5.51. The summed E-state index contributed by atoms with van der Waals surface area (Å²) in [6, 6.07) is 17.3. The standard InChI is InChI=1S/C19H26N2/c1-3-4-14-21(18-8-6-5-7-9-18)19-11-10-16(2)15-17(19)12-13-20/h5-11,15H,3-4,12-14,20H2,1-2H3. The van der Waals surface area contributed by atoms with E-state index >= 15 is 0 Å². The van der Waals surface area contributed by atoms with Gasteiger partial charge in [-0.3, -0.25) is 0 Å². The van der Waals surface area contributed by atoms with Crippen molar-refractivity contribution in [2.45, 2.75) is 33.1 Å². The number of benzene rings is 2. The molecule has 0 unspecified atom stereocenters. The van der Waals surface area contributed by atoms with Crippen LogP contribution in [0.15, 0.2) is 48.5 Å². The van der Waals surface area contributed by atoms with Crippen LogP contribution in [0.2, 0.25) is 0 Å². The molecule has 2 N–H and O–H groups in total. The molecule has 0 atom stereocenters. The van der Waals surface area contributed by atoms with Crippen molar-refractivity contribution in [2.24, 2.45) is 5.73 Å². The molecule has 0 aliphatic rings. The summed E-state index contributed by atoms with van der Waals surface area (Å²) in [4.78, 5) is 2.42. The molecule has 0 heterocycles. The maximum absolute atomic E-state index is 5.80. The number of aryl methyl sites for hydroxylation is 1. The Kier molecular flexibility index (Phi) is 5.82. The van der Waals surface area contributed by atoms with Crippen molar-refractivity contribution in [3.63, 3.8) is 0 Å². The van der Waals surface area contributed by atoms with Gasteiger partial charge in [0.25, 0.3) is 0 Å². The highest BCUT2D eigenvalue weighted by Gasteiger charge is 2.12. The van der Waals surface area contributed by atoms with Gasteiger partial charge in [0.2, 0.25) is 0 Å². The molecule has 0 spiro atoms. The molecule has 2 rings (SSSR count). The number of unbranched alkanes of at least 4 members (excludes halogenated alkanes) is 1. The summed E-state index contributed by atoms with van der Waals surface area (Å²) in [6.07, 6.45) is 3.30. The van der Waals surface area contributed by atoms with Gasteiger partial charge in [0.15, 0.2) is 0 Å². The maximum atomic E-state index is 5.80. The minimum absolute atomic E-state index is 0.687. The zero-order valence-corrected chi connectivity index (χ0v) is 13.2. The van der Waals surface area contributed by atoms with Gasteiger partial charge in [-0.2, -0.15) is 0 Å². The van der Waals surface area contributed by atoms with Crippen molar-refractivity contribution in [3.8, 4) is 0 Å². The summed E-state index contributed by atoms with van der Waals surface area (Å²) in [5.74, 6) is 0. The average Bonchev–Trinajstić information content (AvgIpc) is 2.51. The van der Waals surface area contributed by atoms with E-state index in [1.54, 1.807) is 0 Å².